The van der Waals surface area contributed by atoms with E-state index in [-0.39, 0.29) is 51.9 Å². The maximum atomic E-state index is 15.1. The molecule has 0 aliphatic carbocycles. The average Bonchev–Trinajstić information content (AvgIpc) is 3.27. The van der Waals surface area contributed by atoms with Crippen LogP contribution >= 0.6 is 0 Å². The fourth-order valence-corrected chi connectivity index (χ4v) is 19.5. The fraction of sp³-hybridized carbons (Fsp3) is 0.913. The maximum Gasteiger partial charge on any atom is 0.330 e. The van der Waals surface area contributed by atoms with E-state index in [1.807, 2.05) is 6.92 Å². The van der Waals surface area contributed by atoms with E-state index in [4.69, 9.17) is 21.0 Å². The zero-order chi connectivity index (χ0) is 49.3. The highest BCUT2D eigenvalue weighted by Crippen LogP contribution is 2.40. The minimum Gasteiger partial charge on any atom is -0.215 e. The van der Waals surface area contributed by atoms with Crippen LogP contribution in [-0.4, -0.2) is 68.5 Å². The van der Waals surface area contributed by atoms with Gasteiger partial charge in [-0.3, -0.25) is 0 Å². The van der Waals surface area contributed by atoms with Crippen molar-refractivity contribution in [3.63, 3.8) is 0 Å². The molecule has 0 heterocycles. The normalized spacial score (nSPS) is 12.9. The molecule has 0 spiro atoms. The first-order valence-electron chi connectivity index (χ1n) is 25.1. The molecule has 0 aromatic rings. The SMILES string of the molecule is CCCCCCCCC(C(S(=O)(=O)NCCCCCCCCC#N)(S(=O)(=O)NCCCCCCCCC#N)S(=O)(=O)NCCCCCCCCC#N)S(=O)(=O)NCCCCCCCCC#N. The van der Waals surface area contributed by atoms with Gasteiger partial charge in [0.25, 0.3) is 30.1 Å². The van der Waals surface area contributed by atoms with Crippen molar-refractivity contribution in [1.82, 2.24) is 18.9 Å². The second-order valence-electron chi connectivity index (χ2n) is 17.4. The van der Waals surface area contributed by atoms with E-state index in [2.05, 4.69) is 43.2 Å². The van der Waals surface area contributed by atoms with Crippen molar-refractivity contribution in [3.8, 4) is 24.3 Å². The number of nitrogens with one attached hydrogen (secondary N) is 4. The Morgan fingerprint density at radius 3 is 0.879 bits per heavy atom. The third-order valence-electron chi connectivity index (χ3n) is 11.8. The molecule has 1 atom stereocenters. The van der Waals surface area contributed by atoms with Gasteiger partial charge in [-0.1, -0.05) is 148 Å². The summed E-state index contributed by atoms with van der Waals surface area (Å²) in [4.78, 5) is 0. The molecule has 0 saturated heterocycles. The first-order valence-corrected chi connectivity index (χ1v) is 31.1. The molecule has 0 bridgehead atoms. The van der Waals surface area contributed by atoms with Gasteiger partial charge >= 0.3 is 3.41 Å². The van der Waals surface area contributed by atoms with Crippen molar-refractivity contribution < 1.29 is 33.7 Å². The van der Waals surface area contributed by atoms with Crippen LogP contribution in [0.25, 0.3) is 0 Å². The van der Waals surface area contributed by atoms with Crippen molar-refractivity contribution in [2.24, 2.45) is 0 Å². The smallest absolute Gasteiger partial charge is 0.215 e. The van der Waals surface area contributed by atoms with E-state index in [0.717, 1.165) is 103 Å². The Morgan fingerprint density at radius 2 is 0.591 bits per heavy atom. The second-order valence-corrected chi connectivity index (χ2v) is 25.9. The molecule has 0 aromatic carbocycles. The highest BCUT2D eigenvalue weighted by molar-refractivity contribution is 8.25. The summed E-state index contributed by atoms with van der Waals surface area (Å²) in [5.74, 6) is 0. The summed E-state index contributed by atoms with van der Waals surface area (Å²) in [5.41, 5.74) is 0. The molecule has 66 heavy (non-hydrogen) atoms. The Morgan fingerprint density at radius 1 is 0.348 bits per heavy atom. The fourth-order valence-electron chi connectivity index (χ4n) is 7.97. The van der Waals surface area contributed by atoms with E-state index >= 15 is 25.3 Å². The molecule has 0 amide bonds. The topological polar surface area (TPSA) is 280 Å². The van der Waals surface area contributed by atoms with Gasteiger partial charge in [-0.25, -0.2) is 52.6 Å². The van der Waals surface area contributed by atoms with E-state index in [9.17, 15) is 8.42 Å². The van der Waals surface area contributed by atoms with Gasteiger partial charge < -0.3 is 0 Å². The van der Waals surface area contributed by atoms with Crippen LogP contribution in [0, 0.1) is 45.3 Å². The third kappa shape index (κ3) is 26.4. The zero-order valence-corrected chi connectivity index (χ0v) is 43.6. The lowest BCUT2D eigenvalue weighted by atomic mass is 10.1. The minimum absolute atomic E-state index is 0.0592. The molecule has 0 saturated carbocycles. The molecule has 0 aromatic heterocycles. The maximum absolute atomic E-state index is 15.1. The van der Waals surface area contributed by atoms with Gasteiger partial charge in [-0.2, -0.15) is 21.0 Å². The van der Waals surface area contributed by atoms with Gasteiger partial charge in [0, 0.05) is 51.9 Å². The van der Waals surface area contributed by atoms with Crippen molar-refractivity contribution in [3.05, 3.63) is 0 Å². The van der Waals surface area contributed by atoms with Crippen LogP contribution in [0.1, 0.15) is 232 Å². The molecule has 0 radical (unpaired) electrons. The van der Waals surface area contributed by atoms with E-state index in [1.54, 1.807) is 0 Å². The Bertz CT molecular complexity index is 1720. The molecule has 0 aliphatic rings. The number of sulfonamides is 4. The largest absolute Gasteiger partial charge is 0.330 e. The molecule has 0 aliphatic heterocycles. The summed E-state index contributed by atoms with van der Waals surface area (Å²) >= 11 is 0. The van der Waals surface area contributed by atoms with E-state index < -0.39 is 55.2 Å². The average molecular weight is 1010 g/mol. The Hall–Kier alpha value is -2.40. The predicted octanol–water partition coefficient (Wildman–Crippen LogP) is 9.45. The van der Waals surface area contributed by atoms with Gasteiger partial charge in [0.1, 0.15) is 5.25 Å². The minimum atomic E-state index is -5.59. The monoisotopic (exact) mass is 1010 g/mol. The van der Waals surface area contributed by atoms with E-state index in [1.165, 1.54) is 0 Å². The predicted molar refractivity (Wildman–Crippen MR) is 264 cm³/mol. The highest BCUT2D eigenvalue weighted by Gasteiger charge is 2.72. The van der Waals surface area contributed by atoms with Crippen molar-refractivity contribution in [2.45, 2.75) is 240 Å². The lowest BCUT2D eigenvalue weighted by Crippen LogP contribution is -2.71. The van der Waals surface area contributed by atoms with Crippen LogP contribution in [0.4, 0.5) is 0 Å². The van der Waals surface area contributed by atoms with Gasteiger partial charge in [0.2, 0.25) is 10.0 Å². The lowest BCUT2D eigenvalue weighted by molar-refractivity contribution is 0.487. The van der Waals surface area contributed by atoms with Gasteiger partial charge in [-0.15, -0.1) is 0 Å². The molecule has 1 unspecified atom stereocenters. The number of nitrogens with zero attached hydrogens (tertiary/aromatic N) is 4. The number of unbranched alkanes of at least 4 members (excludes halogenated alkanes) is 29. The molecule has 0 fully saturated rings. The zero-order valence-electron chi connectivity index (χ0n) is 40.3. The Balaban J connectivity index is 7.24. The van der Waals surface area contributed by atoms with Crippen molar-refractivity contribution in [1.29, 1.82) is 21.0 Å². The number of rotatable bonds is 48. The quantitative estimate of drug-likeness (QED) is 0.0415. The molecular weight excluding hydrogens is 921 g/mol. The summed E-state index contributed by atoms with van der Waals surface area (Å²) < 4.78 is 126. The van der Waals surface area contributed by atoms with Gasteiger partial charge in [-0.05, 0) is 57.8 Å². The summed E-state index contributed by atoms with van der Waals surface area (Å²) in [6.45, 7) is 0.911. The van der Waals surface area contributed by atoms with Crippen LogP contribution in [0.5, 0.6) is 0 Å². The van der Waals surface area contributed by atoms with E-state index in [0.29, 0.717) is 89.9 Å². The van der Waals surface area contributed by atoms with Crippen LogP contribution in [0.2, 0.25) is 0 Å². The van der Waals surface area contributed by atoms with Crippen LogP contribution < -0.4 is 18.9 Å². The van der Waals surface area contributed by atoms with Crippen molar-refractivity contribution in [2.75, 3.05) is 26.2 Å². The number of hydrogen-bond donors (Lipinski definition) is 4. The molecule has 0 rings (SSSR count). The first-order chi connectivity index (χ1) is 31.7. The van der Waals surface area contributed by atoms with Gasteiger partial charge in [0.05, 0.1) is 24.3 Å². The summed E-state index contributed by atoms with van der Waals surface area (Å²) in [6, 6.07) is 8.43. The third-order valence-corrected chi connectivity index (χ3v) is 22.9. The number of nitriles is 4. The second kappa shape index (κ2) is 39.4. The summed E-state index contributed by atoms with van der Waals surface area (Å²) in [7, 11) is -21.8. The Kier molecular flexibility index (Phi) is 38.0. The highest BCUT2D eigenvalue weighted by atomic mass is 32.3. The van der Waals surface area contributed by atoms with Crippen LogP contribution in [-0.2, 0) is 40.1 Å². The molecule has 20 heteroatoms. The molecular formula is C46H86N8O8S4. The Labute approximate surface area is 402 Å². The van der Waals surface area contributed by atoms with Crippen LogP contribution in [0.3, 0.4) is 0 Å². The summed E-state index contributed by atoms with van der Waals surface area (Å²) in [6.07, 6.45) is 20.6. The molecule has 16 nitrogen and oxygen atoms in total. The van der Waals surface area contributed by atoms with Gasteiger partial charge in [0.15, 0.2) is 0 Å². The summed E-state index contributed by atoms with van der Waals surface area (Å²) in [5, 5.41) is 32.9. The van der Waals surface area contributed by atoms with Crippen molar-refractivity contribution >= 4 is 40.1 Å². The first kappa shape index (κ1) is 63.6. The number of hydrogen-bond acceptors (Lipinski definition) is 12. The lowest BCUT2D eigenvalue weighted by Gasteiger charge is -2.38. The molecule has 4 N–H and O–H groups in total. The standard InChI is InChI=1S/C46H86N8O8S4/c1-2-3-4-5-18-27-36-45(63(55,56)51-41-32-23-14-6-10-19-28-37-47)46(64(57,58)52-42-33-24-15-7-11-20-29-38-48,65(59,60)53-43-34-25-16-8-12-21-30-39-49)66(61,62)54-44-35-26-17-9-13-22-31-40-50/h45,51-54H,2-36,41-44H2,1H3. The van der Waals surface area contributed by atoms with Crippen LogP contribution in [0.15, 0.2) is 0 Å². The molecule has 382 valence electrons.